The van der Waals surface area contributed by atoms with Crippen molar-refractivity contribution in [1.82, 2.24) is 10.7 Å². The van der Waals surface area contributed by atoms with Crippen LogP contribution in [0.2, 0.25) is 0 Å². The Morgan fingerprint density at radius 1 is 0.941 bits per heavy atom. The van der Waals surface area contributed by atoms with Crippen LogP contribution in [0.15, 0.2) is 89.7 Å². The highest BCUT2D eigenvalue weighted by Crippen LogP contribution is 2.15. The Hall–Kier alpha value is -4.39. The Morgan fingerprint density at radius 3 is 2.26 bits per heavy atom. The van der Waals surface area contributed by atoms with Crippen LogP contribution in [0, 0.1) is 0 Å². The normalized spacial score (nSPS) is 11.6. The van der Waals surface area contributed by atoms with Crippen LogP contribution in [0.3, 0.4) is 0 Å². The molecule has 0 aliphatic heterocycles. The van der Waals surface area contributed by atoms with E-state index in [1.807, 2.05) is 25.1 Å². The SMILES string of the molecule is CCCOc1ccc(C=C(NC(=O)c2ccccc2)C(=O)N/N=C(\C)c2ccc(O)cc2)cc1. The predicted octanol–water partition coefficient (Wildman–Crippen LogP) is 4.49. The first kappa shape index (κ1) is 24.3. The van der Waals surface area contributed by atoms with Gasteiger partial charge in [-0.15, -0.1) is 0 Å². The number of phenolic OH excluding ortho intramolecular Hbond substituents is 1. The zero-order valence-electron chi connectivity index (χ0n) is 19.1. The molecule has 0 radical (unpaired) electrons. The molecule has 0 spiro atoms. The van der Waals surface area contributed by atoms with E-state index in [-0.39, 0.29) is 11.4 Å². The van der Waals surface area contributed by atoms with E-state index in [0.29, 0.717) is 23.4 Å². The maximum absolute atomic E-state index is 12.9. The fourth-order valence-electron chi connectivity index (χ4n) is 2.95. The molecule has 0 atom stereocenters. The van der Waals surface area contributed by atoms with Crippen molar-refractivity contribution in [3.05, 3.63) is 101 Å². The van der Waals surface area contributed by atoms with Gasteiger partial charge in [0.2, 0.25) is 0 Å². The van der Waals surface area contributed by atoms with Crippen LogP contribution in [-0.2, 0) is 4.79 Å². The first-order valence-electron chi connectivity index (χ1n) is 10.9. The topological polar surface area (TPSA) is 100 Å². The number of carbonyl (C=O) groups excluding carboxylic acids is 2. The van der Waals surface area contributed by atoms with Crippen LogP contribution in [0.1, 0.15) is 41.8 Å². The Labute approximate surface area is 198 Å². The van der Waals surface area contributed by atoms with Gasteiger partial charge in [0.25, 0.3) is 11.8 Å². The Kier molecular flexibility index (Phi) is 8.57. The summed E-state index contributed by atoms with van der Waals surface area (Å²) >= 11 is 0. The summed E-state index contributed by atoms with van der Waals surface area (Å²) in [5, 5.41) is 16.3. The van der Waals surface area contributed by atoms with Crippen LogP contribution < -0.4 is 15.5 Å². The third-order valence-corrected chi connectivity index (χ3v) is 4.80. The number of amides is 2. The molecule has 0 fully saturated rings. The van der Waals surface area contributed by atoms with Crippen molar-refractivity contribution in [2.45, 2.75) is 20.3 Å². The van der Waals surface area contributed by atoms with Gasteiger partial charge in [-0.1, -0.05) is 37.3 Å². The van der Waals surface area contributed by atoms with Gasteiger partial charge >= 0.3 is 0 Å². The number of ether oxygens (including phenoxy) is 1. The van der Waals surface area contributed by atoms with Gasteiger partial charge in [0.15, 0.2) is 0 Å². The van der Waals surface area contributed by atoms with E-state index in [9.17, 15) is 14.7 Å². The average molecular weight is 458 g/mol. The van der Waals surface area contributed by atoms with Crippen molar-refractivity contribution in [2.75, 3.05) is 6.61 Å². The third kappa shape index (κ3) is 7.06. The largest absolute Gasteiger partial charge is 0.508 e. The van der Waals surface area contributed by atoms with Crippen LogP contribution >= 0.6 is 0 Å². The summed E-state index contributed by atoms with van der Waals surface area (Å²) in [4.78, 5) is 25.6. The molecule has 0 aliphatic rings. The molecule has 7 nitrogen and oxygen atoms in total. The average Bonchev–Trinajstić information content (AvgIpc) is 2.87. The number of hydrogen-bond acceptors (Lipinski definition) is 5. The van der Waals surface area contributed by atoms with Crippen molar-refractivity contribution >= 4 is 23.6 Å². The number of carbonyl (C=O) groups is 2. The van der Waals surface area contributed by atoms with Gasteiger partial charge in [0.05, 0.1) is 12.3 Å². The van der Waals surface area contributed by atoms with Gasteiger partial charge in [0.1, 0.15) is 17.2 Å². The van der Waals surface area contributed by atoms with Crippen LogP contribution in [-0.4, -0.2) is 29.2 Å². The highest BCUT2D eigenvalue weighted by Gasteiger charge is 2.15. The lowest BCUT2D eigenvalue weighted by molar-refractivity contribution is -0.117. The molecule has 7 heteroatoms. The van der Waals surface area contributed by atoms with E-state index < -0.39 is 11.8 Å². The molecule has 0 aromatic heterocycles. The summed E-state index contributed by atoms with van der Waals surface area (Å²) in [7, 11) is 0. The number of nitrogens with zero attached hydrogens (tertiary/aromatic N) is 1. The van der Waals surface area contributed by atoms with E-state index in [1.165, 1.54) is 12.1 Å². The maximum Gasteiger partial charge on any atom is 0.287 e. The zero-order valence-corrected chi connectivity index (χ0v) is 19.1. The Balaban J connectivity index is 1.82. The van der Waals surface area contributed by atoms with Crippen molar-refractivity contribution in [3.63, 3.8) is 0 Å². The number of nitrogens with one attached hydrogen (secondary N) is 2. The smallest absolute Gasteiger partial charge is 0.287 e. The number of aromatic hydroxyl groups is 1. The second-order valence-electron chi connectivity index (χ2n) is 7.48. The maximum atomic E-state index is 12.9. The van der Waals surface area contributed by atoms with Gasteiger partial charge in [0, 0.05) is 5.56 Å². The quantitative estimate of drug-likeness (QED) is 0.250. The summed E-state index contributed by atoms with van der Waals surface area (Å²) in [6.45, 7) is 4.38. The predicted molar refractivity (Wildman–Crippen MR) is 133 cm³/mol. The fourth-order valence-corrected chi connectivity index (χ4v) is 2.95. The highest BCUT2D eigenvalue weighted by molar-refractivity contribution is 6.06. The highest BCUT2D eigenvalue weighted by atomic mass is 16.5. The number of hydrogen-bond donors (Lipinski definition) is 3. The monoisotopic (exact) mass is 457 g/mol. The van der Waals surface area contributed by atoms with Gasteiger partial charge in [-0.05, 0) is 79.1 Å². The molecule has 174 valence electrons. The third-order valence-electron chi connectivity index (χ3n) is 4.80. The first-order chi connectivity index (χ1) is 16.5. The Bertz CT molecular complexity index is 1170. The molecule has 0 saturated carbocycles. The molecular formula is C27H27N3O4. The summed E-state index contributed by atoms with van der Waals surface area (Å²) in [6.07, 6.45) is 2.48. The van der Waals surface area contributed by atoms with E-state index >= 15 is 0 Å². The second-order valence-corrected chi connectivity index (χ2v) is 7.48. The molecule has 0 unspecified atom stereocenters. The molecule has 0 heterocycles. The van der Waals surface area contributed by atoms with E-state index in [2.05, 4.69) is 15.8 Å². The molecule has 0 bridgehead atoms. The summed E-state index contributed by atoms with van der Waals surface area (Å²) in [5.41, 5.74) is 4.94. The lowest BCUT2D eigenvalue weighted by Gasteiger charge is -2.10. The second kappa shape index (κ2) is 12.0. The molecule has 3 rings (SSSR count). The van der Waals surface area contributed by atoms with E-state index in [4.69, 9.17) is 4.74 Å². The fraction of sp³-hybridized carbons (Fsp3) is 0.148. The molecule has 3 N–H and O–H groups in total. The van der Waals surface area contributed by atoms with Crippen LogP contribution in [0.4, 0.5) is 0 Å². The minimum absolute atomic E-state index is 0.0401. The molecule has 34 heavy (non-hydrogen) atoms. The van der Waals surface area contributed by atoms with Gasteiger partial charge < -0.3 is 15.2 Å². The van der Waals surface area contributed by atoms with Crippen molar-refractivity contribution in [2.24, 2.45) is 5.10 Å². The molecule has 0 aliphatic carbocycles. The van der Waals surface area contributed by atoms with Crippen LogP contribution in [0.25, 0.3) is 6.08 Å². The van der Waals surface area contributed by atoms with Gasteiger partial charge in [-0.3, -0.25) is 9.59 Å². The van der Waals surface area contributed by atoms with Crippen molar-refractivity contribution < 1.29 is 19.4 Å². The number of rotatable bonds is 9. The van der Waals surface area contributed by atoms with Crippen molar-refractivity contribution in [1.29, 1.82) is 0 Å². The number of phenols is 1. The number of hydrazone groups is 1. The van der Waals surface area contributed by atoms with E-state index in [0.717, 1.165) is 17.7 Å². The van der Waals surface area contributed by atoms with Gasteiger partial charge in [-0.25, -0.2) is 5.43 Å². The minimum Gasteiger partial charge on any atom is -0.508 e. The molecule has 2 amide bonds. The van der Waals surface area contributed by atoms with E-state index in [1.54, 1.807) is 61.5 Å². The lowest BCUT2D eigenvalue weighted by Crippen LogP contribution is -2.33. The van der Waals surface area contributed by atoms with Gasteiger partial charge in [-0.2, -0.15) is 5.10 Å². The van der Waals surface area contributed by atoms with Crippen molar-refractivity contribution in [3.8, 4) is 11.5 Å². The van der Waals surface area contributed by atoms with Crippen LogP contribution in [0.5, 0.6) is 11.5 Å². The standard InChI is InChI=1S/C27H27N3O4/c1-3-17-34-24-15-9-20(10-16-24)18-25(28-26(32)22-7-5-4-6-8-22)27(33)30-29-19(2)21-11-13-23(31)14-12-21/h4-16,18,31H,3,17H2,1-2H3,(H,28,32)(H,30,33)/b25-18?,29-19+. The summed E-state index contributed by atoms with van der Waals surface area (Å²) in [6, 6.07) is 22.3. The molecular weight excluding hydrogens is 430 g/mol. The number of benzene rings is 3. The molecule has 3 aromatic carbocycles. The first-order valence-corrected chi connectivity index (χ1v) is 10.9. The Morgan fingerprint density at radius 2 is 1.62 bits per heavy atom. The molecule has 3 aromatic rings. The minimum atomic E-state index is -0.575. The molecule has 0 saturated heterocycles. The lowest BCUT2D eigenvalue weighted by atomic mass is 10.1. The summed E-state index contributed by atoms with van der Waals surface area (Å²) < 4.78 is 5.60. The zero-order chi connectivity index (χ0) is 24.3. The summed E-state index contributed by atoms with van der Waals surface area (Å²) in [5.74, 6) is -0.120.